The number of halogens is 1. The van der Waals surface area contributed by atoms with E-state index in [0.717, 1.165) is 12.8 Å². The first kappa shape index (κ1) is 15.4. The van der Waals surface area contributed by atoms with Gasteiger partial charge in [-0.05, 0) is 31.6 Å². The topological polar surface area (TPSA) is 55.4 Å². The van der Waals surface area contributed by atoms with E-state index in [0.29, 0.717) is 30.3 Å². The van der Waals surface area contributed by atoms with E-state index in [4.69, 9.17) is 4.74 Å². The van der Waals surface area contributed by atoms with Crippen LogP contribution in [0.25, 0.3) is 0 Å². The summed E-state index contributed by atoms with van der Waals surface area (Å²) in [5, 5.41) is 0. The van der Waals surface area contributed by atoms with Gasteiger partial charge in [-0.15, -0.1) is 0 Å². The minimum absolute atomic E-state index is 0.158. The monoisotopic (exact) mass is 327 g/mol. The number of ether oxygens (including phenoxy) is 1. The Morgan fingerprint density at radius 3 is 2.82 bits per heavy atom. The number of hydrogen-bond acceptors (Lipinski definition) is 3. The summed E-state index contributed by atoms with van der Waals surface area (Å²) in [6, 6.07) is 0. The quantitative estimate of drug-likeness (QED) is 0.574. The van der Waals surface area contributed by atoms with E-state index in [1.165, 1.54) is 12.8 Å². The number of hydrogen-bond donors (Lipinski definition) is 1. The van der Waals surface area contributed by atoms with Crippen molar-refractivity contribution in [1.29, 1.82) is 0 Å². The fourth-order valence-electron chi connectivity index (χ4n) is 2.12. The Bertz CT molecular complexity index is 308. The van der Waals surface area contributed by atoms with Gasteiger partial charge in [0.15, 0.2) is 0 Å². The second kappa shape index (κ2) is 7.71. The molecule has 0 bridgehead atoms. The summed E-state index contributed by atoms with van der Waals surface area (Å²) in [6.45, 7) is 1.07. The highest BCUT2D eigenvalue weighted by atomic mass is 79.9. The van der Waals surface area contributed by atoms with E-state index < -0.39 is 10.0 Å². The normalized spacial score (nSPS) is 26.0. The number of nitrogens with one attached hydrogen (secondary N) is 1. The van der Waals surface area contributed by atoms with Crippen molar-refractivity contribution in [2.24, 2.45) is 5.92 Å². The first-order chi connectivity index (χ1) is 8.03. The molecule has 1 aliphatic carbocycles. The van der Waals surface area contributed by atoms with Gasteiger partial charge in [-0.25, -0.2) is 13.1 Å². The molecule has 102 valence electrons. The lowest BCUT2D eigenvalue weighted by atomic mass is 9.89. The van der Waals surface area contributed by atoms with Gasteiger partial charge in [0, 0.05) is 25.1 Å². The summed E-state index contributed by atoms with van der Waals surface area (Å²) < 4.78 is 30.9. The van der Waals surface area contributed by atoms with E-state index in [1.54, 1.807) is 7.11 Å². The number of rotatable bonds is 7. The molecule has 0 aromatic carbocycles. The average molecular weight is 328 g/mol. The SMILES string of the molecule is COCCCS(=O)(=O)NCC1CCCC(Br)C1. The fraction of sp³-hybridized carbons (Fsp3) is 1.00. The van der Waals surface area contributed by atoms with Gasteiger partial charge in [-0.1, -0.05) is 22.4 Å². The molecule has 1 fully saturated rings. The third-order valence-corrected chi connectivity index (χ3v) is 5.34. The maximum Gasteiger partial charge on any atom is 0.211 e. The number of methoxy groups -OCH3 is 1. The summed E-state index contributed by atoms with van der Waals surface area (Å²) in [7, 11) is -1.53. The zero-order valence-corrected chi connectivity index (χ0v) is 12.7. The third kappa shape index (κ3) is 6.74. The van der Waals surface area contributed by atoms with Crippen LogP contribution in [0.2, 0.25) is 0 Å². The van der Waals surface area contributed by atoms with Gasteiger partial charge in [0.05, 0.1) is 5.75 Å². The van der Waals surface area contributed by atoms with E-state index in [-0.39, 0.29) is 5.75 Å². The van der Waals surface area contributed by atoms with Crippen molar-refractivity contribution >= 4 is 26.0 Å². The van der Waals surface area contributed by atoms with Crippen LogP contribution in [0.4, 0.5) is 0 Å². The zero-order valence-electron chi connectivity index (χ0n) is 10.3. The van der Waals surface area contributed by atoms with Gasteiger partial charge in [0.1, 0.15) is 0 Å². The van der Waals surface area contributed by atoms with Gasteiger partial charge >= 0.3 is 0 Å². The summed E-state index contributed by atoms with van der Waals surface area (Å²) in [5.41, 5.74) is 0. The molecule has 0 radical (unpaired) electrons. The molecule has 0 heterocycles. The molecule has 1 aliphatic rings. The molecule has 6 heteroatoms. The molecule has 2 unspecified atom stereocenters. The van der Waals surface area contributed by atoms with Crippen LogP contribution < -0.4 is 4.72 Å². The molecule has 17 heavy (non-hydrogen) atoms. The first-order valence-electron chi connectivity index (χ1n) is 6.14. The van der Waals surface area contributed by atoms with Gasteiger partial charge < -0.3 is 4.74 Å². The zero-order chi connectivity index (χ0) is 12.7. The standard InChI is InChI=1S/C11H22BrNO3S/c1-16-6-3-7-17(14,15)13-9-10-4-2-5-11(12)8-10/h10-11,13H,2-9H2,1H3. The lowest BCUT2D eigenvalue weighted by Gasteiger charge is -2.25. The van der Waals surface area contributed by atoms with Crippen molar-refractivity contribution in [3.63, 3.8) is 0 Å². The largest absolute Gasteiger partial charge is 0.385 e. The molecular weight excluding hydrogens is 306 g/mol. The third-order valence-electron chi connectivity index (χ3n) is 3.07. The molecule has 0 spiro atoms. The van der Waals surface area contributed by atoms with E-state index in [9.17, 15) is 8.42 Å². The average Bonchev–Trinajstić information content (AvgIpc) is 2.27. The molecule has 0 saturated heterocycles. The molecule has 2 atom stereocenters. The molecule has 0 aliphatic heterocycles. The van der Waals surface area contributed by atoms with Gasteiger partial charge in [-0.2, -0.15) is 0 Å². The van der Waals surface area contributed by atoms with Crippen LogP contribution in [0.5, 0.6) is 0 Å². The lowest BCUT2D eigenvalue weighted by molar-refractivity contribution is 0.199. The smallest absolute Gasteiger partial charge is 0.211 e. The van der Waals surface area contributed by atoms with Crippen LogP contribution >= 0.6 is 15.9 Å². The molecular formula is C11H22BrNO3S. The maximum absolute atomic E-state index is 11.7. The molecule has 4 nitrogen and oxygen atoms in total. The maximum atomic E-state index is 11.7. The molecule has 0 aromatic rings. The van der Waals surface area contributed by atoms with Crippen molar-refractivity contribution in [3.8, 4) is 0 Å². The Labute approximate surface area is 113 Å². The summed E-state index contributed by atoms with van der Waals surface area (Å²) in [4.78, 5) is 0.555. The van der Waals surface area contributed by atoms with Crippen molar-refractivity contribution in [1.82, 2.24) is 4.72 Å². The minimum atomic E-state index is -3.12. The van der Waals surface area contributed by atoms with Crippen molar-refractivity contribution in [3.05, 3.63) is 0 Å². The number of sulfonamides is 1. The van der Waals surface area contributed by atoms with Gasteiger partial charge in [0.25, 0.3) is 0 Å². The van der Waals surface area contributed by atoms with E-state index in [1.807, 2.05) is 0 Å². The lowest BCUT2D eigenvalue weighted by Crippen LogP contribution is -2.33. The highest BCUT2D eigenvalue weighted by Gasteiger charge is 2.21. The van der Waals surface area contributed by atoms with E-state index >= 15 is 0 Å². The second-order valence-electron chi connectivity index (χ2n) is 4.64. The van der Waals surface area contributed by atoms with Crippen LogP contribution in [0, 0.1) is 5.92 Å². The fourth-order valence-corrected chi connectivity index (χ4v) is 4.11. The molecule has 0 aromatic heterocycles. The van der Waals surface area contributed by atoms with Crippen LogP contribution in [0.15, 0.2) is 0 Å². The van der Waals surface area contributed by atoms with Crippen molar-refractivity contribution in [2.45, 2.75) is 36.9 Å². The summed E-state index contributed by atoms with van der Waals surface area (Å²) >= 11 is 3.61. The molecule has 1 saturated carbocycles. The molecule has 1 rings (SSSR count). The highest BCUT2D eigenvalue weighted by Crippen LogP contribution is 2.28. The van der Waals surface area contributed by atoms with E-state index in [2.05, 4.69) is 20.7 Å². The Hall–Kier alpha value is 0.350. The Balaban J connectivity index is 2.23. The highest BCUT2D eigenvalue weighted by molar-refractivity contribution is 9.09. The molecule has 0 amide bonds. The van der Waals surface area contributed by atoms with Crippen LogP contribution in [-0.2, 0) is 14.8 Å². The number of alkyl halides is 1. The summed E-state index contributed by atoms with van der Waals surface area (Å²) in [5.74, 6) is 0.635. The van der Waals surface area contributed by atoms with Crippen LogP contribution in [0.3, 0.4) is 0 Å². The Kier molecular flexibility index (Phi) is 6.99. The first-order valence-corrected chi connectivity index (χ1v) is 8.70. The Morgan fingerprint density at radius 2 is 2.18 bits per heavy atom. The second-order valence-corrected chi connectivity index (χ2v) is 7.86. The predicted molar refractivity (Wildman–Crippen MR) is 73.0 cm³/mol. The van der Waals surface area contributed by atoms with Gasteiger partial charge in [0.2, 0.25) is 10.0 Å². The van der Waals surface area contributed by atoms with Crippen molar-refractivity contribution in [2.75, 3.05) is 26.0 Å². The Morgan fingerprint density at radius 1 is 1.41 bits per heavy atom. The predicted octanol–water partition coefficient (Wildman–Crippen LogP) is 1.90. The van der Waals surface area contributed by atoms with Crippen molar-refractivity contribution < 1.29 is 13.2 Å². The minimum Gasteiger partial charge on any atom is -0.385 e. The van der Waals surface area contributed by atoms with Crippen LogP contribution in [-0.4, -0.2) is 39.3 Å². The van der Waals surface area contributed by atoms with Crippen LogP contribution in [0.1, 0.15) is 32.1 Å². The molecule has 1 N–H and O–H groups in total. The summed E-state index contributed by atoms with van der Waals surface area (Å²) in [6.07, 6.45) is 5.14. The van der Waals surface area contributed by atoms with Gasteiger partial charge in [-0.3, -0.25) is 0 Å².